The summed E-state index contributed by atoms with van der Waals surface area (Å²) in [5.74, 6) is 1.40. The number of methoxy groups -OCH3 is 1. The van der Waals surface area contributed by atoms with Gasteiger partial charge in [-0.2, -0.15) is 0 Å². The van der Waals surface area contributed by atoms with Crippen LogP contribution in [-0.2, 0) is 4.79 Å². The summed E-state index contributed by atoms with van der Waals surface area (Å²) in [5.41, 5.74) is 2.39. The van der Waals surface area contributed by atoms with Crippen LogP contribution in [0.1, 0.15) is 34.9 Å². The molecule has 1 amide bonds. The Bertz CT molecular complexity index is 1000. The fraction of sp³-hybridized carbons (Fsp3) is 0.381. The third kappa shape index (κ3) is 3.61. The number of hydrogen-bond donors (Lipinski definition) is 0. The van der Waals surface area contributed by atoms with Gasteiger partial charge in [-0.05, 0) is 49.9 Å². The Balaban J connectivity index is 1.49. The quantitative estimate of drug-likeness (QED) is 0.445. The fourth-order valence-electron chi connectivity index (χ4n) is 3.71. The number of carbonyl (C=O) groups excluding carboxylic acids is 1. The number of thioether (sulfide) groups is 1. The van der Waals surface area contributed by atoms with Crippen LogP contribution in [-0.4, -0.2) is 40.2 Å². The molecular weight excluding hydrogens is 390 g/mol. The fourth-order valence-corrected chi connectivity index (χ4v) is 5.71. The van der Waals surface area contributed by atoms with Gasteiger partial charge in [0.05, 0.1) is 18.9 Å². The molecule has 0 aliphatic carbocycles. The molecule has 1 unspecified atom stereocenters. The minimum absolute atomic E-state index is 0.148. The summed E-state index contributed by atoms with van der Waals surface area (Å²) in [7, 11) is 1.67. The van der Waals surface area contributed by atoms with Crippen molar-refractivity contribution in [3.63, 3.8) is 0 Å². The van der Waals surface area contributed by atoms with E-state index >= 15 is 0 Å². The number of likely N-dealkylation sites (tertiary alicyclic amines) is 1. The van der Waals surface area contributed by atoms with Gasteiger partial charge in [-0.15, -0.1) is 11.3 Å². The van der Waals surface area contributed by atoms with E-state index in [1.54, 1.807) is 24.8 Å². The maximum Gasteiger partial charge on any atom is 0.233 e. The number of rotatable bonds is 5. The van der Waals surface area contributed by atoms with E-state index in [1.807, 2.05) is 17.0 Å². The van der Waals surface area contributed by atoms with Crippen molar-refractivity contribution in [3.8, 4) is 5.75 Å². The number of ether oxygens (including phenoxy) is 1. The van der Waals surface area contributed by atoms with Gasteiger partial charge >= 0.3 is 0 Å². The normalized spacial score (nSPS) is 16.7. The van der Waals surface area contributed by atoms with E-state index in [-0.39, 0.29) is 11.9 Å². The Kier molecular flexibility index (Phi) is 5.55. The first-order chi connectivity index (χ1) is 13.6. The van der Waals surface area contributed by atoms with Gasteiger partial charge in [0.2, 0.25) is 5.91 Å². The monoisotopic (exact) mass is 413 g/mol. The van der Waals surface area contributed by atoms with E-state index in [0.29, 0.717) is 5.75 Å². The minimum atomic E-state index is 0.148. The molecule has 0 saturated carbocycles. The molecule has 1 aromatic carbocycles. The highest BCUT2D eigenvalue weighted by Crippen LogP contribution is 2.36. The number of fused-ring (bicyclic) bond motifs is 1. The zero-order chi connectivity index (χ0) is 19.7. The average molecular weight is 414 g/mol. The van der Waals surface area contributed by atoms with Crippen molar-refractivity contribution in [2.75, 3.05) is 19.4 Å². The second kappa shape index (κ2) is 8.09. The number of benzene rings is 1. The largest absolute Gasteiger partial charge is 0.497 e. The van der Waals surface area contributed by atoms with Gasteiger partial charge in [0.25, 0.3) is 0 Å². The molecule has 1 fully saturated rings. The standard InChI is InChI=1S/C21H23N3O2S2/c1-13-14(2)28-21-19(13)20(22-12-23-21)27-11-18(25)24-10-4-5-17(24)15-6-8-16(26-3)9-7-15/h6-9,12,17H,4-5,10-11H2,1-3H3. The highest BCUT2D eigenvalue weighted by molar-refractivity contribution is 8.00. The summed E-state index contributed by atoms with van der Waals surface area (Å²) in [5, 5.41) is 2.00. The zero-order valence-corrected chi connectivity index (χ0v) is 17.9. The van der Waals surface area contributed by atoms with E-state index in [9.17, 15) is 4.79 Å². The lowest BCUT2D eigenvalue weighted by Crippen LogP contribution is -2.32. The van der Waals surface area contributed by atoms with Crippen LogP contribution in [0.4, 0.5) is 0 Å². The van der Waals surface area contributed by atoms with Gasteiger partial charge in [-0.25, -0.2) is 9.97 Å². The van der Waals surface area contributed by atoms with Crippen molar-refractivity contribution in [3.05, 3.63) is 46.6 Å². The molecule has 4 rings (SSSR count). The molecular formula is C21H23N3O2S2. The van der Waals surface area contributed by atoms with Crippen LogP contribution in [0.3, 0.4) is 0 Å². The third-order valence-corrected chi connectivity index (χ3v) is 7.43. The van der Waals surface area contributed by atoms with Gasteiger partial charge in [0.1, 0.15) is 21.9 Å². The van der Waals surface area contributed by atoms with Crippen molar-refractivity contribution in [2.24, 2.45) is 0 Å². The van der Waals surface area contributed by atoms with E-state index in [1.165, 1.54) is 27.8 Å². The van der Waals surface area contributed by atoms with Crippen molar-refractivity contribution in [1.82, 2.24) is 14.9 Å². The van der Waals surface area contributed by atoms with E-state index in [4.69, 9.17) is 4.74 Å². The summed E-state index contributed by atoms with van der Waals surface area (Å²) in [6.45, 7) is 5.01. The van der Waals surface area contributed by atoms with Gasteiger partial charge < -0.3 is 9.64 Å². The lowest BCUT2D eigenvalue weighted by Gasteiger charge is -2.25. The zero-order valence-electron chi connectivity index (χ0n) is 16.3. The van der Waals surface area contributed by atoms with E-state index in [0.717, 1.165) is 40.4 Å². The maximum absolute atomic E-state index is 13.0. The number of carbonyl (C=O) groups is 1. The molecule has 3 heterocycles. The first kappa shape index (κ1) is 19.2. The lowest BCUT2D eigenvalue weighted by atomic mass is 10.0. The molecule has 0 spiro atoms. The molecule has 2 aromatic heterocycles. The highest BCUT2D eigenvalue weighted by atomic mass is 32.2. The molecule has 1 aliphatic rings. The van der Waals surface area contributed by atoms with Crippen LogP contribution < -0.4 is 4.74 Å². The Hall–Kier alpha value is -2.12. The smallest absolute Gasteiger partial charge is 0.233 e. The van der Waals surface area contributed by atoms with Gasteiger partial charge in [-0.3, -0.25) is 4.79 Å². The van der Waals surface area contributed by atoms with Gasteiger partial charge in [0.15, 0.2) is 0 Å². The molecule has 3 aromatic rings. The number of hydrogen-bond acceptors (Lipinski definition) is 6. The Morgan fingerprint density at radius 1 is 1.29 bits per heavy atom. The molecule has 28 heavy (non-hydrogen) atoms. The number of thiophene rings is 1. The molecule has 146 valence electrons. The van der Waals surface area contributed by atoms with Gasteiger partial charge in [-0.1, -0.05) is 23.9 Å². The van der Waals surface area contributed by atoms with Crippen LogP contribution in [0.2, 0.25) is 0 Å². The highest BCUT2D eigenvalue weighted by Gasteiger charge is 2.30. The van der Waals surface area contributed by atoms with Crippen molar-refractivity contribution in [1.29, 1.82) is 0 Å². The predicted molar refractivity (Wildman–Crippen MR) is 114 cm³/mol. The lowest BCUT2D eigenvalue weighted by molar-refractivity contribution is -0.129. The first-order valence-corrected chi connectivity index (χ1v) is 11.2. The van der Waals surface area contributed by atoms with Crippen LogP contribution in [0, 0.1) is 13.8 Å². The van der Waals surface area contributed by atoms with E-state index < -0.39 is 0 Å². The number of nitrogens with zero attached hydrogens (tertiary/aromatic N) is 3. The summed E-state index contributed by atoms with van der Waals surface area (Å²) in [4.78, 5) is 26.1. The minimum Gasteiger partial charge on any atom is -0.497 e. The first-order valence-electron chi connectivity index (χ1n) is 9.35. The third-order valence-electron chi connectivity index (χ3n) is 5.34. The Morgan fingerprint density at radius 3 is 2.82 bits per heavy atom. The van der Waals surface area contributed by atoms with Crippen molar-refractivity contribution in [2.45, 2.75) is 37.8 Å². The average Bonchev–Trinajstić information content (AvgIpc) is 3.32. The number of amides is 1. The summed E-state index contributed by atoms with van der Waals surface area (Å²) >= 11 is 3.20. The number of aromatic nitrogens is 2. The second-order valence-electron chi connectivity index (χ2n) is 6.95. The van der Waals surface area contributed by atoms with E-state index in [2.05, 4.69) is 35.9 Å². The molecule has 0 bridgehead atoms. The van der Waals surface area contributed by atoms with Crippen molar-refractivity contribution < 1.29 is 9.53 Å². The molecule has 7 heteroatoms. The van der Waals surface area contributed by atoms with Crippen molar-refractivity contribution >= 4 is 39.2 Å². The van der Waals surface area contributed by atoms with Crippen LogP contribution in [0.5, 0.6) is 5.75 Å². The predicted octanol–water partition coefficient (Wildman–Crippen LogP) is 4.77. The molecule has 1 saturated heterocycles. The topological polar surface area (TPSA) is 55.3 Å². The van der Waals surface area contributed by atoms with Gasteiger partial charge in [0, 0.05) is 16.8 Å². The molecule has 5 nitrogen and oxygen atoms in total. The molecule has 1 aliphatic heterocycles. The molecule has 0 N–H and O–H groups in total. The number of aryl methyl sites for hydroxylation is 2. The Morgan fingerprint density at radius 2 is 2.07 bits per heavy atom. The Labute approximate surface area is 173 Å². The second-order valence-corrected chi connectivity index (χ2v) is 9.12. The van der Waals surface area contributed by atoms with Crippen LogP contribution in [0.25, 0.3) is 10.2 Å². The maximum atomic E-state index is 13.0. The molecule has 1 atom stereocenters. The summed E-state index contributed by atoms with van der Waals surface area (Å²) in [6.07, 6.45) is 3.64. The SMILES string of the molecule is COc1ccc(C2CCCN2C(=O)CSc2ncnc3sc(C)c(C)c23)cc1. The molecule has 0 radical (unpaired) electrons. The summed E-state index contributed by atoms with van der Waals surface area (Å²) < 4.78 is 5.25. The van der Waals surface area contributed by atoms with Crippen LogP contribution >= 0.6 is 23.1 Å². The summed E-state index contributed by atoms with van der Waals surface area (Å²) in [6, 6.07) is 8.20. The van der Waals surface area contributed by atoms with Crippen LogP contribution in [0.15, 0.2) is 35.6 Å².